The summed E-state index contributed by atoms with van der Waals surface area (Å²) in [5.41, 5.74) is 3.17. The van der Waals surface area contributed by atoms with Crippen LogP contribution in [0.1, 0.15) is 16.7 Å². The molecule has 4 aromatic rings. The van der Waals surface area contributed by atoms with Crippen LogP contribution in [0.15, 0.2) is 102 Å². The lowest BCUT2D eigenvalue weighted by Gasteiger charge is -2.12. The summed E-state index contributed by atoms with van der Waals surface area (Å²) < 4.78 is 34.1. The average molecular weight is 488 g/mol. The monoisotopic (exact) mass is 487 g/mol. The number of nitrogens with one attached hydrogen (secondary N) is 1. The first-order valence-electron chi connectivity index (χ1n) is 11.1. The lowest BCUT2D eigenvalue weighted by molar-refractivity contribution is -0.139. The van der Waals surface area contributed by atoms with E-state index in [1.54, 1.807) is 12.1 Å². The van der Waals surface area contributed by atoms with Crippen LogP contribution in [0, 0.1) is 0 Å². The summed E-state index contributed by atoms with van der Waals surface area (Å²) in [5.74, 6) is -0.573. The Bertz CT molecular complexity index is 1410. The van der Waals surface area contributed by atoms with Crippen molar-refractivity contribution < 1.29 is 23.1 Å². The first kappa shape index (κ1) is 24.2. The zero-order valence-electron chi connectivity index (χ0n) is 18.9. The van der Waals surface area contributed by atoms with Gasteiger partial charge in [0.05, 0.1) is 5.41 Å². The third kappa shape index (κ3) is 6.35. The third-order valence-electron chi connectivity index (χ3n) is 5.46. The highest BCUT2D eigenvalue weighted by Crippen LogP contribution is 2.28. The molecule has 4 rings (SSSR count). The van der Waals surface area contributed by atoms with E-state index in [1.165, 1.54) is 5.41 Å². The van der Waals surface area contributed by atoms with E-state index in [4.69, 9.17) is 9.84 Å². The molecule has 178 valence electrons. The van der Waals surface area contributed by atoms with Crippen LogP contribution < -0.4 is 9.46 Å². The van der Waals surface area contributed by atoms with Crippen molar-refractivity contribution in [3.63, 3.8) is 0 Å². The number of sulfonamides is 1. The summed E-state index contributed by atoms with van der Waals surface area (Å²) in [5, 5.41) is 11.9. The molecule has 0 unspecified atom stereocenters. The first-order chi connectivity index (χ1) is 16.9. The maximum Gasteiger partial charge on any atom is 0.341 e. The molecule has 0 amide bonds. The van der Waals surface area contributed by atoms with Crippen molar-refractivity contribution in [3.8, 4) is 5.75 Å². The van der Waals surface area contributed by atoms with Gasteiger partial charge >= 0.3 is 5.97 Å². The van der Waals surface area contributed by atoms with Crippen LogP contribution in [0.5, 0.6) is 5.75 Å². The van der Waals surface area contributed by atoms with Crippen LogP contribution in [-0.2, 0) is 21.2 Å². The van der Waals surface area contributed by atoms with Gasteiger partial charge in [0.1, 0.15) is 5.75 Å². The quantitative estimate of drug-likeness (QED) is 0.333. The number of hydrogen-bond donors (Lipinski definition) is 2. The van der Waals surface area contributed by atoms with Crippen molar-refractivity contribution in [2.24, 2.45) is 0 Å². The zero-order chi connectivity index (χ0) is 24.7. The van der Waals surface area contributed by atoms with Crippen LogP contribution in [0.4, 0.5) is 0 Å². The maximum absolute atomic E-state index is 13.0. The Morgan fingerprint density at radius 3 is 2.03 bits per heavy atom. The Labute approximate surface area is 204 Å². The van der Waals surface area contributed by atoms with Crippen molar-refractivity contribution in [2.75, 3.05) is 13.2 Å². The van der Waals surface area contributed by atoms with Gasteiger partial charge in [0.25, 0.3) is 0 Å². The topological polar surface area (TPSA) is 92.7 Å². The molecule has 0 heterocycles. The van der Waals surface area contributed by atoms with Crippen molar-refractivity contribution in [3.05, 3.63) is 119 Å². The number of carboxylic acid groups (broad SMARTS) is 1. The van der Waals surface area contributed by atoms with E-state index in [1.807, 2.05) is 84.9 Å². The largest absolute Gasteiger partial charge is 0.481 e. The Hall–Kier alpha value is -3.94. The van der Waals surface area contributed by atoms with Gasteiger partial charge in [-0.1, -0.05) is 91.0 Å². The zero-order valence-corrected chi connectivity index (χ0v) is 19.7. The van der Waals surface area contributed by atoms with Crippen molar-refractivity contribution in [1.29, 1.82) is 0 Å². The Morgan fingerprint density at radius 2 is 1.40 bits per heavy atom. The molecule has 0 spiro atoms. The van der Waals surface area contributed by atoms with Gasteiger partial charge in [0.15, 0.2) is 6.61 Å². The minimum atomic E-state index is -3.73. The molecule has 0 aliphatic heterocycles. The molecule has 2 N–H and O–H groups in total. The molecule has 6 nitrogen and oxygen atoms in total. The van der Waals surface area contributed by atoms with Gasteiger partial charge in [-0.3, -0.25) is 0 Å². The second-order valence-corrected chi connectivity index (χ2v) is 9.52. The standard InChI is InChI=1S/C28H25NO5S/c30-28(31)19-34-27-16-8-14-24-23(13-7-15-25(24)27)17-18-29-35(32,33)20-26(21-9-3-1-4-10-21)22-11-5-2-6-12-22/h1-16,20,29H,17-19H2,(H,30,31). The fourth-order valence-electron chi connectivity index (χ4n) is 3.89. The molecular weight excluding hydrogens is 462 g/mol. The Kier molecular flexibility index (Phi) is 7.60. The number of carbonyl (C=O) groups is 1. The minimum absolute atomic E-state index is 0.203. The van der Waals surface area contributed by atoms with Gasteiger partial charge < -0.3 is 9.84 Å². The Balaban J connectivity index is 1.54. The number of rotatable bonds is 10. The van der Waals surface area contributed by atoms with Crippen LogP contribution in [0.3, 0.4) is 0 Å². The van der Waals surface area contributed by atoms with Gasteiger partial charge in [0.2, 0.25) is 10.0 Å². The number of ether oxygens (including phenoxy) is 1. The first-order valence-corrected chi connectivity index (χ1v) is 12.6. The Morgan fingerprint density at radius 1 is 0.800 bits per heavy atom. The average Bonchev–Trinajstić information content (AvgIpc) is 2.87. The van der Waals surface area contributed by atoms with Crippen LogP contribution in [0.25, 0.3) is 16.3 Å². The second-order valence-electron chi connectivity index (χ2n) is 7.90. The van der Waals surface area contributed by atoms with Crippen molar-refractivity contribution >= 4 is 32.3 Å². The fourth-order valence-corrected chi connectivity index (χ4v) is 4.94. The fraction of sp³-hybridized carbons (Fsp3) is 0.107. The molecule has 35 heavy (non-hydrogen) atoms. The number of aliphatic carboxylic acids is 1. The summed E-state index contributed by atoms with van der Waals surface area (Å²) in [7, 11) is -3.73. The van der Waals surface area contributed by atoms with Gasteiger partial charge in [-0.2, -0.15) is 0 Å². The second kappa shape index (κ2) is 11.0. The van der Waals surface area contributed by atoms with E-state index in [2.05, 4.69) is 4.72 Å². The molecule has 0 aromatic heterocycles. The van der Waals surface area contributed by atoms with Crippen molar-refractivity contribution in [1.82, 2.24) is 4.72 Å². The van der Waals surface area contributed by atoms with E-state index < -0.39 is 22.6 Å². The predicted molar refractivity (Wildman–Crippen MR) is 138 cm³/mol. The van der Waals surface area contributed by atoms with Gasteiger partial charge in [-0.15, -0.1) is 0 Å². The number of carboxylic acids is 1. The number of fused-ring (bicyclic) bond motifs is 1. The molecule has 0 saturated carbocycles. The summed E-state index contributed by atoms with van der Waals surface area (Å²) in [6.45, 7) is -0.227. The van der Waals surface area contributed by atoms with E-state index in [0.717, 1.165) is 27.5 Å². The van der Waals surface area contributed by atoms with Gasteiger partial charge in [0, 0.05) is 17.5 Å². The summed E-state index contributed by atoms with van der Waals surface area (Å²) in [6.07, 6.45) is 0.457. The highest BCUT2D eigenvalue weighted by molar-refractivity contribution is 7.92. The predicted octanol–water partition coefficient (Wildman–Crippen LogP) is 4.85. The minimum Gasteiger partial charge on any atom is -0.481 e. The molecule has 0 aliphatic carbocycles. The van der Waals surface area contributed by atoms with Crippen LogP contribution >= 0.6 is 0 Å². The SMILES string of the molecule is O=C(O)COc1cccc2c(CCNS(=O)(=O)C=C(c3ccccc3)c3ccccc3)cccc12. The molecule has 7 heteroatoms. The van der Waals surface area contributed by atoms with E-state index in [-0.39, 0.29) is 6.54 Å². The molecule has 0 fully saturated rings. The summed E-state index contributed by atoms with van der Waals surface area (Å²) in [6, 6.07) is 29.9. The maximum atomic E-state index is 13.0. The van der Waals surface area contributed by atoms with E-state index in [0.29, 0.717) is 17.7 Å². The van der Waals surface area contributed by atoms with Crippen molar-refractivity contribution in [2.45, 2.75) is 6.42 Å². The summed E-state index contributed by atoms with van der Waals surface area (Å²) in [4.78, 5) is 10.9. The highest BCUT2D eigenvalue weighted by atomic mass is 32.2. The highest BCUT2D eigenvalue weighted by Gasteiger charge is 2.13. The molecule has 4 aromatic carbocycles. The van der Waals surface area contributed by atoms with Crippen LogP contribution in [-0.4, -0.2) is 32.6 Å². The van der Waals surface area contributed by atoms with Gasteiger partial charge in [-0.05, 0) is 34.6 Å². The molecular formula is C28H25NO5S. The molecule has 0 radical (unpaired) electrons. The smallest absolute Gasteiger partial charge is 0.341 e. The van der Waals surface area contributed by atoms with Crippen LogP contribution in [0.2, 0.25) is 0 Å². The molecule has 0 atom stereocenters. The van der Waals surface area contributed by atoms with E-state index >= 15 is 0 Å². The molecule has 0 saturated heterocycles. The van der Waals surface area contributed by atoms with Gasteiger partial charge in [-0.25, -0.2) is 17.9 Å². The number of benzene rings is 4. The number of hydrogen-bond acceptors (Lipinski definition) is 4. The molecule has 0 bridgehead atoms. The third-order valence-corrected chi connectivity index (χ3v) is 6.62. The lowest BCUT2D eigenvalue weighted by Crippen LogP contribution is -2.24. The normalized spacial score (nSPS) is 11.2. The summed E-state index contributed by atoms with van der Waals surface area (Å²) >= 11 is 0. The lowest BCUT2D eigenvalue weighted by atomic mass is 10.00. The van der Waals surface area contributed by atoms with E-state index in [9.17, 15) is 13.2 Å². The molecule has 0 aliphatic rings.